The maximum absolute atomic E-state index is 12.5. The lowest BCUT2D eigenvalue weighted by Crippen LogP contribution is -2.49. The predicted octanol–water partition coefficient (Wildman–Crippen LogP) is 0.509. The van der Waals surface area contributed by atoms with E-state index in [0.717, 1.165) is 12.4 Å². The van der Waals surface area contributed by atoms with Crippen molar-refractivity contribution in [2.24, 2.45) is 5.73 Å². The summed E-state index contributed by atoms with van der Waals surface area (Å²) in [6.45, 7) is 3.06. The Labute approximate surface area is 137 Å². The molecule has 10 heteroatoms. The molecule has 0 unspecified atom stereocenters. The van der Waals surface area contributed by atoms with Crippen LogP contribution >= 0.6 is 0 Å². The minimum absolute atomic E-state index is 0.0139. The molecule has 1 aliphatic heterocycles. The minimum Gasteiger partial charge on any atom is -0.380 e. The maximum Gasteiger partial charge on any atom is 0.419 e. The third-order valence-electron chi connectivity index (χ3n) is 3.60. The number of alkyl halides is 3. The number of nitrogens with two attached hydrogens (primary N) is 1. The maximum atomic E-state index is 12.5. The van der Waals surface area contributed by atoms with Gasteiger partial charge >= 0.3 is 6.18 Å². The van der Waals surface area contributed by atoms with Crippen LogP contribution in [0, 0.1) is 0 Å². The largest absolute Gasteiger partial charge is 0.419 e. The average Bonchev–Trinajstić information content (AvgIpc) is 2.58. The molecule has 2 N–H and O–H groups in total. The van der Waals surface area contributed by atoms with Gasteiger partial charge in [-0.05, 0) is 0 Å². The van der Waals surface area contributed by atoms with Crippen molar-refractivity contribution in [1.82, 2.24) is 14.9 Å². The highest BCUT2D eigenvalue weighted by atomic mass is 19.4. The van der Waals surface area contributed by atoms with Crippen molar-refractivity contribution in [3.8, 4) is 0 Å². The van der Waals surface area contributed by atoms with Gasteiger partial charge in [-0.2, -0.15) is 13.2 Å². The normalized spacial score (nSPS) is 15.7. The number of anilines is 1. The Morgan fingerprint density at radius 3 is 2.33 bits per heavy atom. The van der Waals surface area contributed by atoms with Gasteiger partial charge in [0.25, 0.3) is 0 Å². The zero-order valence-electron chi connectivity index (χ0n) is 13.1. The monoisotopic (exact) mass is 347 g/mol. The van der Waals surface area contributed by atoms with Crippen molar-refractivity contribution < 1.29 is 22.7 Å². The van der Waals surface area contributed by atoms with Gasteiger partial charge in [-0.1, -0.05) is 0 Å². The van der Waals surface area contributed by atoms with E-state index < -0.39 is 11.7 Å². The summed E-state index contributed by atoms with van der Waals surface area (Å²) in [5.41, 5.74) is 4.41. The van der Waals surface area contributed by atoms with Crippen LogP contribution in [0.1, 0.15) is 12.0 Å². The molecule has 0 aromatic carbocycles. The number of carbonyl (C=O) groups excluding carboxylic acids is 1. The molecule has 0 saturated carbocycles. The second-order valence-corrected chi connectivity index (χ2v) is 5.29. The highest BCUT2D eigenvalue weighted by molar-refractivity contribution is 5.76. The molecular weight excluding hydrogens is 327 g/mol. The Morgan fingerprint density at radius 1 is 1.17 bits per heavy atom. The fraction of sp³-hybridized carbons (Fsp3) is 0.643. The van der Waals surface area contributed by atoms with Crippen molar-refractivity contribution in [3.05, 3.63) is 18.0 Å². The third kappa shape index (κ3) is 5.03. The number of nitrogens with zero attached hydrogens (tertiary/aromatic N) is 4. The van der Waals surface area contributed by atoms with Crippen LogP contribution in [-0.4, -0.2) is 66.7 Å². The molecule has 0 spiro atoms. The van der Waals surface area contributed by atoms with Crippen LogP contribution in [0.15, 0.2) is 12.4 Å². The highest BCUT2D eigenvalue weighted by Crippen LogP contribution is 2.28. The zero-order chi connectivity index (χ0) is 17.6. The summed E-state index contributed by atoms with van der Waals surface area (Å²) in [4.78, 5) is 23.0. The van der Waals surface area contributed by atoms with Crippen molar-refractivity contribution in [3.63, 3.8) is 0 Å². The second kappa shape index (κ2) is 8.25. The van der Waals surface area contributed by atoms with E-state index in [1.807, 2.05) is 0 Å². The SMILES string of the molecule is NCCOCCC(=O)N1CCN(c2ncc(C(F)(F)F)cn2)CC1. The lowest BCUT2D eigenvalue weighted by atomic mass is 10.3. The summed E-state index contributed by atoms with van der Waals surface area (Å²) in [6.07, 6.45) is -2.62. The molecule has 134 valence electrons. The number of hydrogen-bond donors (Lipinski definition) is 1. The fourth-order valence-corrected chi connectivity index (χ4v) is 2.29. The van der Waals surface area contributed by atoms with Gasteiger partial charge < -0.3 is 20.3 Å². The van der Waals surface area contributed by atoms with Crippen molar-refractivity contribution in [1.29, 1.82) is 0 Å². The second-order valence-electron chi connectivity index (χ2n) is 5.29. The molecule has 0 aliphatic carbocycles. The van der Waals surface area contributed by atoms with Crippen LogP contribution < -0.4 is 10.6 Å². The molecule has 1 aliphatic rings. The first-order valence-corrected chi connectivity index (χ1v) is 7.61. The summed E-state index contributed by atoms with van der Waals surface area (Å²) in [5, 5.41) is 0. The lowest BCUT2D eigenvalue weighted by Gasteiger charge is -2.34. The summed E-state index contributed by atoms with van der Waals surface area (Å²) < 4.78 is 42.7. The Bertz CT molecular complexity index is 530. The van der Waals surface area contributed by atoms with Crippen LogP contribution in [-0.2, 0) is 15.7 Å². The first-order chi connectivity index (χ1) is 11.4. The molecule has 0 bridgehead atoms. The van der Waals surface area contributed by atoms with Crippen molar-refractivity contribution in [2.45, 2.75) is 12.6 Å². The molecule has 1 amide bonds. The van der Waals surface area contributed by atoms with Gasteiger partial charge in [-0.25, -0.2) is 9.97 Å². The summed E-state index contributed by atoms with van der Waals surface area (Å²) in [5.74, 6) is 0.224. The van der Waals surface area contributed by atoms with Crippen LogP contribution in [0.5, 0.6) is 0 Å². The van der Waals surface area contributed by atoms with E-state index in [1.54, 1.807) is 9.80 Å². The van der Waals surface area contributed by atoms with Crippen LogP contribution in [0.3, 0.4) is 0 Å². The Morgan fingerprint density at radius 2 is 1.79 bits per heavy atom. The molecule has 2 heterocycles. The van der Waals surface area contributed by atoms with E-state index in [9.17, 15) is 18.0 Å². The molecule has 1 aromatic rings. The minimum atomic E-state index is -4.45. The van der Waals surface area contributed by atoms with E-state index >= 15 is 0 Å². The summed E-state index contributed by atoms with van der Waals surface area (Å²) in [6, 6.07) is 0. The standard InChI is InChI=1S/C14H20F3N5O2/c15-14(16,17)11-9-19-13(20-10-11)22-5-3-21(4-6-22)12(23)1-7-24-8-2-18/h9-10H,1-8,18H2. The first kappa shape index (κ1) is 18.4. The summed E-state index contributed by atoms with van der Waals surface area (Å²) >= 11 is 0. The molecule has 1 fully saturated rings. The highest BCUT2D eigenvalue weighted by Gasteiger charge is 2.32. The van der Waals surface area contributed by atoms with E-state index in [1.165, 1.54) is 0 Å². The summed E-state index contributed by atoms with van der Waals surface area (Å²) in [7, 11) is 0. The number of piperazine rings is 1. The van der Waals surface area contributed by atoms with E-state index in [2.05, 4.69) is 9.97 Å². The van der Waals surface area contributed by atoms with E-state index in [0.29, 0.717) is 45.9 Å². The molecular formula is C14H20F3N5O2. The molecule has 1 saturated heterocycles. The number of hydrogen-bond acceptors (Lipinski definition) is 6. The average molecular weight is 347 g/mol. The smallest absolute Gasteiger partial charge is 0.380 e. The number of halogens is 3. The van der Waals surface area contributed by atoms with Crippen LogP contribution in [0.4, 0.5) is 19.1 Å². The number of ether oxygens (including phenoxy) is 1. The molecule has 1 aromatic heterocycles. The van der Waals surface area contributed by atoms with Gasteiger partial charge in [0.1, 0.15) is 0 Å². The number of carbonyl (C=O) groups is 1. The molecule has 0 radical (unpaired) electrons. The number of rotatable bonds is 6. The Balaban J connectivity index is 1.81. The number of aromatic nitrogens is 2. The Kier molecular flexibility index (Phi) is 6.32. The van der Waals surface area contributed by atoms with Gasteiger partial charge in [-0.3, -0.25) is 4.79 Å². The third-order valence-corrected chi connectivity index (χ3v) is 3.60. The zero-order valence-corrected chi connectivity index (χ0v) is 13.1. The molecule has 0 atom stereocenters. The molecule has 7 nitrogen and oxygen atoms in total. The van der Waals surface area contributed by atoms with E-state index in [-0.39, 0.29) is 18.3 Å². The van der Waals surface area contributed by atoms with Gasteiger partial charge in [0.15, 0.2) is 0 Å². The molecule has 24 heavy (non-hydrogen) atoms. The van der Waals surface area contributed by atoms with Crippen molar-refractivity contribution >= 4 is 11.9 Å². The van der Waals surface area contributed by atoms with Gasteiger partial charge in [-0.15, -0.1) is 0 Å². The first-order valence-electron chi connectivity index (χ1n) is 7.61. The lowest BCUT2D eigenvalue weighted by molar-refractivity contribution is -0.138. The van der Waals surface area contributed by atoms with Crippen LogP contribution in [0.25, 0.3) is 0 Å². The van der Waals surface area contributed by atoms with Crippen molar-refractivity contribution in [2.75, 3.05) is 50.8 Å². The number of amides is 1. The quantitative estimate of drug-likeness (QED) is 0.755. The fourth-order valence-electron chi connectivity index (χ4n) is 2.29. The van der Waals surface area contributed by atoms with Gasteiger partial charge in [0.05, 0.1) is 25.2 Å². The topological polar surface area (TPSA) is 84.6 Å². The Hall–Kier alpha value is -1.94. The van der Waals surface area contributed by atoms with Crippen LogP contribution in [0.2, 0.25) is 0 Å². The van der Waals surface area contributed by atoms with E-state index in [4.69, 9.17) is 10.5 Å². The predicted molar refractivity (Wildman–Crippen MR) is 80.3 cm³/mol. The van der Waals surface area contributed by atoms with Gasteiger partial charge in [0.2, 0.25) is 11.9 Å². The van der Waals surface area contributed by atoms with Gasteiger partial charge in [0, 0.05) is 45.1 Å². The molecule has 2 rings (SSSR count).